The van der Waals surface area contributed by atoms with Gasteiger partial charge in [0.15, 0.2) is 5.82 Å². The number of anilines is 1. The van der Waals surface area contributed by atoms with Gasteiger partial charge in [-0.05, 0) is 67.0 Å². The molecule has 0 amide bonds. The van der Waals surface area contributed by atoms with Crippen molar-refractivity contribution >= 4 is 34.0 Å². The van der Waals surface area contributed by atoms with Crippen LogP contribution in [0.3, 0.4) is 0 Å². The molecule has 1 aliphatic heterocycles. The van der Waals surface area contributed by atoms with Crippen molar-refractivity contribution in [1.82, 2.24) is 4.98 Å². The summed E-state index contributed by atoms with van der Waals surface area (Å²) in [4.78, 5) is 10.9. The van der Waals surface area contributed by atoms with Crippen LogP contribution in [-0.2, 0) is 0 Å². The quantitative estimate of drug-likeness (QED) is 0.482. The number of nitrogens with one attached hydrogen (secondary N) is 1. The predicted octanol–water partition coefficient (Wildman–Crippen LogP) is 7.60. The normalized spacial score (nSPS) is 18.6. The monoisotopic (exact) mass is 405 g/mol. The number of pyridine rings is 1. The van der Waals surface area contributed by atoms with Crippen LogP contribution in [-0.4, -0.2) is 16.1 Å². The Kier molecular flexibility index (Phi) is 7.32. The molecule has 2 atom stereocenters. The molecule has 0 spiro atoms. The highest BCUT2D eigenvalue weighted by Crippen LogP contribution is 2.39. The maximum Gasteiger partial charge on any atom is 0.155 e. The molecule has 0 fully saturated rings. The predicted molar refractivity (Wildman–Crippen MR) is 129 cm³/mol. The molecule has 4 heteroatoms. The molecule has 2 unspecified atom stereocenters. The maximum absolute atomic E-state index is 4.91. The highest BCUT2D eigenvalue weighted by molar-refractivity contribution is 8.14. The highest BCUT2D eigenvalue weighted by Gasteiger charge is 2.20. The van der Waals surface area contributed by atoms with Crippen LogP contribution in [0.1, 0.15) is 63.5 Å². The van der Waals surface area contributed by atoms with Gasteiger partial charge in [-0.25, -0.2) is 9.98 Å². The average Bonchev–Trinajstić information content (AvgIpc) is 2.86. The third-order valence-electron chi connectivity index (χ3n) is 5.27. The molecule has 0 aliphatic carbocycles. The van der Waals surface area contributed by atoms with Gasteiger partial charge in [-0.15, -0.1) is 0 Å². The van der Waals surface area contributed by atoms with Crippen molar-refractivity contribution < 1.29 is 0 Å². The van der Waals surface area contributed by atoms with E-state index in [4.69, 9.17) is 9.98 Å². The second-order valence-electron chi connectivity index (χ2n) is 7.74. The number of hydrogen-bond donors (Lipinski definition) is 1. The van der Waals surface area contributed by atoms with Crippen LogP contribution in [0.4, 0.5) is 11.6 Å². The number of nitrogens with zero attached hydrogens (tertiary/aromatic N) is 2. The van der Waals surface area contributed by atoms with Crippen molar-refractivity contribution in [1.29, 1.82) is 0 Å². The van der Waals surface area contributed by atoms with Crippen LogP contribution in [0.2, 0.25) is 0 Å². The number of rotatable bonds is 7. The van der Waals surface area contributed by atoms with Crippen LogP contribution >= 0.6 is 11.8 Å². The van der Waals surface area contributed by atoms with Gasteiger partial charge in [-0.3, -0.25) is 0 Å². The molecular formula is C25H31N3S. The van der Waals surface area contributed by atoms with Crippen molar-refractivity contribution in [2.24, 2.45) is 4.99 Å². The molecule has 29 heavy (non-hydrogen) atoms. The lowest BCUT2D eigenvalue weighted by molar-refractivity contribution is 0.687. The zero-order valence-electron chi connectivity index (χ0n) is 17.7. The lowest BCUT2D eigenvalue weighted by Crippen LogP contribution is -2.15. The Hall–Kier alpha value is -2.33. The Labute approximate surface area is 179 Å². The molecule has 0 bridgehead atoms. The zero-order valence-corrected chi connectivity index (χ0v) is 18.6. The first-order valence-corrected chi connectivity index (χ1v) is 11.3. The molecule has 0 radical (unpaired) electrons. The SMILES string of the molecule is C=CC(=C)c1ccc2c(c1)SC(=Nc1cccc(NC(C)CCC)n1)CCC2C. The molecule has 2 aromatic rings. The van der Waals surface area contributed by atoms with E-state index in [9.17, 15) is 0 Å². The molecule has 1 aliphatic rings. The van der Waals surface area contributed by atoms with Crippen LogP contribution in [0.25, 0.3) is 5.57 Å². The van der Waals surface area contributed by atoms with Gasteiger partial charge in [0.05, 0.1) is 5.04 Å². The molecule has 0 saturated heterocycles. The van der Waals surface area contributed by atoms with Gasteiger partial charge in [0.2, 0.25) is 0 Å². The van der Waals surface area contributed by atoms with Crippen molar-refractivity contribution in [2.45, 2.75) is 63.3 Å². The molecule has 3 nitrogen and oxygen atoms in total. The van der Waals surface area contributed by atoms with E-state index in [1.54, 1.807) is 11.8 Å². The summed E-state index contributed by atoms with van der Waals surface area (Å²) in [5.74, 6) is 2.17. The van der Waals surface area contributed by atoms with Crippen molar-refractivity contribution in [3.05, 3.63) is 66.8 Å². The Balaban J connectivity index is 1.85. The number of aromatic nitrogens is 1. The molecule has 2 heterocycles. The summed E-state index contributed by atoms with van der Waals surface area (Å²) in [6, 6.07) is 13.0. The fourth-order valence-corrected chi connectivity index (χ4v) is 4.74. The lowest BCUT2D eigenvalue weighted by Gasteiger charge is -2.13. The van der Waals surface area contributed by atoms with Crippen molar-refractivity contribution in [3.63, 3.8) is 0 Å². The minimum atomic E-state index is 0.409. The summed E-state index contributed by atoms with van der Waals surface area (Å²) in [5.41, 5.74) is 3.46. The first-order chi connectivity index (χ1) is 14.0. The Morgan fingerprint density at radius 1 is 1.38 bits per heavy atom. The number of fused-ring (bicyclic) bond motifs is 1. The van der Waals surface area contributed by atoms with E-state index in [2.05, 4.69) is 57.4 Å². The molecule has 1 aromatic carbocycles. The number of benzene rings is 1. The summed E-state index contributed by atoms with van der Waals surface area (Å²) in [7, 11) is 0. The molecule has 3 rings (SSSR count). The van der Waals surface area contributed by atoms with E-state index in [0.717, 1.165) is 53.5 Å². The zero-order chi connectivity index (χ0) is 20.8. The van der Waals surface area contributed by atoms with E-state index in [1.165, 1.54) is 10.5 Å². The van der Waals surface area contributed by atoms with E-state index >= 15 is 0 Å². The third kappa shape index (κ3) is 5.60. The molecule has 1 N–H and O–H groups in total. The second kappa shape index (κ2) is 9.93. The first kappa shape index (κ1) is 21.4. The fourth-order valence-electron chi connectivity index (χ4n) is 3.55. The van der Waals surface area contributed by atoms with Crippen LogP contribution in [0.15, 0.2) is 65.5 Å². The Morgan fingerprint density at radius 2 is 2.21 bits per heavy atom. The van der Waals surface area contributed by atoms with E-state index in [1.807, 2.05) is 24.3 Å². The standard InChI is InChI=1S/C25H31N3S/c1-6-9-19(5)26-23-10-8-11-24(27-23)28-25-15-12-18(4)21-14-13-20(17(3)7-2)16-22(21)29-25/h7-8,10-11,13-14,16,18-19H,2-3,6,9,12,15H2,1,4-5H3,(H,26,27). The third-order valence-corrected chi connectivity index (χ3v) is 6.37. The van der Waals surface area contributed by atoms with Crippen LogP contribution < -0.4 is 5.32 Å². The Morgan fingerprint density at radius 3 is 2.97 bits per heavy atom. The minimum Gasteiger partial charge on any atom is -0.368 e. The topological polar surface area (TPSA) is 37.3 Å². The van der Waals surface area contributed by atoms with Crippen molar-refractivity contribution in [3.8, 4) is 0 Å². The number of allylic oxidation sites excluding steroid dienone is 2. The largest absolute Gasteiger partial charge is 0.368 e. The smallest absolute Gasteiger partial charge is 0.155 e. The maximum atomic E-state index is 4.91. The van der Waals surface area contributed by atoms with Gasteiger partial charge in [0.25, 0.3) is 0 Å². The van der Waals surface area contributed by atoms with Crippen molar-refractivity contribution in [2.75, 3.05) is 5.32 Å². The highest BCUT2D eigenvalue weighted by atomic mass is 32.2. The summed E-state index contributed by atoms with van der Waals surface area (Å²) >= 11 is 1.76. The van der Waals surface area contributed by atoms with Gasteiger partial charge in [-0.2, -0.15) is 0 Å². The summed E-state index contributed by atoms with van der Waals surface area (Å²) in [6.45, 7) is 14.6. The van der Waals surface area contributed by atoms with Crippen LogP contribution in [0, 0.1) is 0 Å². The van der Waals surface area contributed by atoms with E-state index in [-0.39, 0.29) is 0 Å². The number of hydrogen-bond acceptors (Lipinski definition) is 4. The Bertz CT molecular complexity index is 916. The molecule has 152 valence electrons. The van der Waals surface area contributed by atoms with E-state index in [0.29, 0.717) is 12.0 Å². The molecular weight excluding hydrogens is 374 g/mol. The summed E-state index contributed by atoms with van der Waals surface area (Å²) in [6.07, 6.45) is 6.15. The van der Waals surface area contributed by atoms with Gasteiger partial charge in [0, 0.05) is 10.9 Å². The minimum absolute atomic E-state index is 0.409. The van der Waals surface area contributed by atoms with Gasteiger partial charge >= 0.3 is 0 Å². The molecule has 1 aromatic heterocycles. The molecule has 0 saturated carbocycles. The first-order valence-electron chi connectivity index (χ1n) is 10.4. The van der Waals surface area contributed by atoms with Gasteiger partial charge in [-0.1, -0.05) is 69.5 Å². The second-order valence-corrected chi connectivity index (χ2v) is 8.86. The lowest BCUT2D eigenvalue weighted by atomic mass is 9.94. The van der Waals surface area contributed by atoms with Gasteiger partial charge in [0.1, 0.15) is 5.82 Å². The average molecular weight is 406 g/mol. The number of aliphatic imine (C=N–C) groups is 1. The fraction of sp³-hybridized carbons (Fsp3) is 0.360. The van der Waals surface area contributed by atoms with Crippen LogP contribution in [0.5, 0.6) is 0 Å². The van der Waals surface area contributed by atoms with Gasteiger partial charge < -0.3 is 5.32 Å². The summed E-state index contributed by atoms with van der Waals surface area (Å²) < 4.78 is 0. The number of thioether (sulfide) groups is 1. The summed E-state index contributed by atoms with van der Waals surface area (Å²) in [5, 5.41) is 4.59. The van der Waals surface area contributed by atoms with E-state index < -0.39 is 0 Å².